The second-order valence-electron chi connectivity index (χ2n) is 4.82. The summed E-state index contributed by atoms with van der Waals surface area (Å²) in [5, 5.41) is 6.94. The molecule has 1 amide bonds. The van der Waals surface area contributed by atoms with Gasteiger partial charge in [0.2, 0.25) is 0 Å². The second-order valence-corrected chi connectivity index (χ2v) is 5.22. The minimum Gasteiger partial charge on any atom is -0.336 e. The molecule has 0 bridgehead atoms. The Morgan fingerprint density at radius 3 is 3.05 bits per heavy atom. The van der Waals surface area contributed by atoms with Crippen LogP contribution in [0, 0.1) is 0 Å². The molecule has 3 N–H and O–H groups in total. The van der Waals surface area contributed by atoms with Crippen LogP contribution >= 0.6 is 11.6 Å². The predicted octanol–water partition coefficient (Wildman–Crippen LogP) is 1.90. The van der Waals surface area contributed by atoms with Gasteiger partial charge in [-0.2, -0.15) is 5.10 Å². The van der Waals surface area contributed by atoms with E-state index in [1.54, 1.807) is 18.2 Å². The largest absolute Gasteiger partial charge is 0.336 e. The molecule has 1 aliphatic heterocycles. The lowest BCUT2D eigenvalue weighted by Crippen LogP contribution is -2.25. The lowest BCUT2D eigenvalue weighted by molar-refractivity contribution is 0.0968. The lowest BCUT2D eigenvalue weighted by atomic mass is 10.1. The number of halogens is 1. The van der Waals surface area contributed by atoms with Crippen molar-refractivity contribution >= 4 is 40.5 Å². The summed E-state index contributed by atoms with van der Waals surface area (Å²) in [7, 11) is 0. The number of amides is 1. The van der Waals surface area contributed by atoms with E-state index in [9.17, 15) is 9.59 Å². The SMILES string of the molecule is NN=CNC(=O)c1cc2c(Cl)ccc3c2n1CCCC3=O. The highest BCUT2D eigenvalue weighted by molar-refractivity contribution is 6.36. The molecule has 3 rings (SSSR count). The van der Waals surface area contributed by atoms with Crippen molar-refractivity contribution in [2.45, 2.75) is 19.4 Å². The van der Waals surface area contributed by atoms with E-state index in [-0.39, 0.29) is 11.7 Å². The first-order valence-corrected chi connectivity index (χ1v) is 6.89. The van der Waals surface area contributed by atoms with E-state index in [4.69, 9.17) is 17.4 Å². The van der Waals surface area contributed by atoms with Crippen LogP contribution in [0.2, 0.25) is 5.02 Å². The zero-order chi connectivity index (χ0) is 15.0. The molecule has 0 radical (unpaired) electrons. The number of hydrogen-bond acceptors (Lipinski definition) is 4. The molecule has 0 unspecified atom stereocenters. The molecular weight excluding hydrogens is 292 g/mol. The van der Waals surface area contributed by atoms with Crippen molar-refractivity contribution in [2.24, 2.45) is 10.9 Å². The topological polar surface area (TPSA) is 89.5 Å². The van der Waals surface area contributed by atoms with Gasteiger partial charge in [0.05, 0.1) is 10.5 Å². The molecule has 1 aromatic carbocycles. The third-order valence-corrected chi connectivity index (χ3v) is 3.92. The highest BCUT2D eigenvalue weighted by atomic mass is 35.5. The standard InChI is InChI=1S/C14H13ClN4O2/c15-10-4-3-8-12(20)2-1-5-19-11(6-9(10)13(8)19)14(21)17-7-18-16/h3-4,6-7H,1-2,5,16H2,(H,17,18,21). The minimum absolute atomic E-state index is 0.0731. The van der Waals surface area contributed by atoms with E-state index >= 15 is 0 Å². The molecule has 2 aromatic rings. The van der Waals surface area contributed by atoms with Crippen LogP contribution in [0.4, 0.5) is 0 Å². The third-order valence-electron chi connectivity index (χ3n) is 3.59. The molecule has 0 spiro atoms. The van der Waals surface area contributed by atoms with Gasteiger partial charge < -0.3 is 15.7 Å². The first-order chi connectivity index (χ1) is 10.1. The number of nitrogens with one attached hydrogen (secondary N) is 1. The molecule has 7 heteroatoms. The van der Waals surface area contributed by atoms with Crippen molar-refractivity contribution in [3.8, 4) is 0 Å². The zero-order valence-electron chi connectivity index (χ0n) is 11.1. The van der Waals surface area contributed by atoms with E-state index in [1.807, 2.05) is 4.57 Å². The smallest absolute Gasteiger partial charge is 0.273 e. The van der Waals surface area contributed by atoms with Crippen LogP contribution in [0.25, 0.3) is 10.9 Å². The zero-order valence-corrected chi connectivity index (χ0v) is 11.9. The van der Waals surface area contributed by atoms with Crippen molar-refractivity contribution in [3.63, 3.8) is 0 Å². The minimum atomic E-state index is -0.336. The maximum absolute atomic E-state index is 12.2. The summed E-state index contributed by atoms with van der Waals surface area (Å²) in [6.07, 6.45) is 2.27. The van der Waals surface area contributed by atoms with E-state index in [0.717, 1.165) is 11.9 Å². The van der Waals surface area contributed by atoms with Crippen LogP contribution < -0.4 is 11.2 Å². The first-order valence-electron chi connectivity index (χ1n) is 6.51. The summed E-state index contributed by atoms with van der Waals surface area (Å²) in [5.74, 6) is 4.72. The molecule has 6 nitrogen and oxygen atoms in total. The van der Waals surface area contributed by atoms with Crippen molar-refractivity contribution < 1.29 is 9.59 Å². The summed E-state index contributed by atoms with van der Waals surface area (Å²) >= 11 is 6.20. The Hall–Kier alpha value is -2.34. The van der Waals surface area contributed by atoms with Gasteiger partial charge in [0.15, 0.2) is 5.78 Å². The Balaban J connectivity index is 2.26. The van der Waals surface area contributed by atoms with Gasteiger partial charge in [-0.15, -0.1) is 0 Å². The van der Waals surface area contributed by atoms with E-state index in [1.165, 1.54) is 0 Å². The van der Waals surface area contributed by atoms with E-state index in [0.29, 0.717) is 41.1 Å². The van der Waals surface area contributed by atoms with Gasteiger partial charge >= 0.3 is 0 Å². The van der Waals surface area contributed by atoms with Crippen LogP contribution in [-0.4, -0.2) is 22.6 Å². The number of nitrogens with zero attached hydrogens (tertiary/aromatic N) is 2. The highest BCUT2D eigenvalue weighted by Gasteiger charge is 2.24. The molecular formula is C14H13ClN4O2. The van der Waals surface area contributed by atoms with Gasteiger partial charge in [0.25, 0.3) is 5.91 Å². The van der Waals surface area contributed by atoms with Gasteiger partial charge in [0, 0.05) is 23.9 Å². The molecule has 21 heavy (non-hydrogen) atoms. The fraction of sp³-hybridized carbons (Fsp3) is 0.214. The van der Waals surface area contributed by atoms with Crippen molar-refractivity contribution in [3.05, 3.63) is 34.5 Å². The molecule has 0 fully saturated rings. The summed E-state index contributed by atoms with van der Waals surface area (Å²) < 4.78 is 1.83. The number of rotatable bonds is 2. The summed E-state index contributed by atoms with van der Waals surface area (Å²) in [4.78, 5) is 24.3. The molecule has 1 aliphatic rings. The summed E-state index contributed by atoms with van der Waals surface area (Å²) in [5.41, 5.74) is 1.77. The summed E-state index contributed by atoms with van der Waals surface area (Å²) in [6, 6.07) is 5.10. The molecule has 1 aromatic heterocycles. The number of carbonyl (C=O) groups is 2. The highest BCUT2D eigenvalue weighted by Crippen LogP contribution is 2.33. The van der Waals surface area contributed by atoms with Crippen LogP contribution in [-0.2, 0) is 6.54 Å². The number of ketones is 1. The summed E-state index contributed by atoms with van der Waals surface area (Å²) in [6.45, 7) is 0.588. The average molecular weight is 305 g/mol. The molecule has 108 valence electrons. The Labute approximate surface area is 125 Å². The van der Waals surface area contributed by atoms with Crippen LogP contribution in [0.5, 0.6) is 0 Å². The number of Topliss-reactive ketones (excluding diaryl/α,β-unsaturated/α-hetero) is 1. The maximum atomic E-state index is 12.2. The predicted molar refractivity (Wildman–Crippen MR) is 80.7 cm³/mol. The Morgan fingerprint density at radius 2 is 2.29 bits per heavy atom. The number of hydrazone groups is 1. The van der Waals surface area contributed by atoms with Crippen LogP contribution in [0.3, 0.4) is 0 Å². The number of hydrogen-bond donors (Lipinski definition) is 2. The Bertz CT molecular complexity index is 779. The van der Waals surface area contributed by atoms with Gasteiger partial charge in [-0.1, -0.05) is 11.6 Å². The fourth-order valence-electron chi connectivity index (χ4n) is 2.69. The molecule has 0 saturated carbocycles. The molecule has 0 atom stereocenters. The fourth-order valence-corrected chi connectivity index (χ4v) is 2.90. The van der Waals surface area contributed by atoms with Crippen LogP contribution in [0.15, 0.2) is 23.3 Å². The van der Waals surface area contributed by atoms with Crippen LogP contribution in [0.1, 0.15) is 33.7 Å². The number of aryl methyl sites for hydroxylation is 1. The monoisotopic (exact) mass is 304 g/mol. The number of aromatic nitrogens is 1. The van der Waals surface area contributed by atoms with Gasteiger partial charge in [-0.25, -0.2) is 0 Å². The average Bonchev–Trinajstić information content (AvgIpc) is 2.77. The Morgan fingerprint density at radius 1 is 1.48 bits per heavy atom. The van der Waals surface area contributed by atoms with Gasteiger partial charge in [-0.3, -0.25) is 9.59 Å². The quantitative estimate of drug-likeness (QED) is 0.384. The van der Waals surface area contributed by atoms with Crippen molar-refractivity contribution in [2.75, 3.05) is 0 Å². The van der Waals surface area contributed by atoms with Crippen molar-refractivity contribution in [1.29, 1.82) is 0 Å². The maximum Gasteiger partial charge on any atom is 0.273 e. The molecule has 0 saturated heterocycles. The van der Waals surface area contributed by atoms with Crippen molar-refractivity contribution in [1.82, 2.24) is 9.88 Å². The third kappa shape index (κ3) is 2.17. The van der Waals surface area contributed by atoms with E-state index < -0.39 is 0 Å². The lowest BCUT2D eigenvalue weighted by Gasteiger charge is -2.08. The number of carbonyl (C=O) groups excluding carboxylic acids is 2. The number of benzene rings is 1. The molecule has 2 heterocycles. The Kier molecular flexibility index (Phi) is 3.39. The normalized spacial score (nSPS) is 14.6. The van der Waals surface area contributed by atoms with Gasteiger partial charge in [-0.05, 0) is 24.6 Å². The van der Waals surface area contributed by atoms with Gasteiger partial charge in [0.1, 0.15) is 12.0 Å². The first kappa shape index (κ1) is 13.6. The molecule has 0 aliphatic carbocycles. The van der Waals surface area contributed by atoms with E-state index in [2.05, 4.69) is 10.4 Å². The second kappa shape index (κ2) is 5.21. The number of nitrogens with two attached hydrogens (primary N) is 1.